The summed E-state index contributed by atoms with van der Waals surface area (Å²) in [6, 6.07) is 0. The minimum atomic E-state index is 0.569. The first-order valence-corrected chi connectivity index (χ1v) is 6.51. The molecule has 1 aliphatic rings. The van der Waals surface area contributed by atoms with E-state index in [1.165, 1.54) is 50.4 Å². The predicted molar refractivity (Wildman–Crippen MR) is 62.5 cm³/mol. The normalized spacial score (nSPS) is 23.1. The molecule has 0 bridgehead atoms. The third-order valence-electron chi connectivity index (χ3n) is 3.10. The standard InChI is InChI=1S/C11H22BrN/c1-13(2)10-11(9-12)7-5-3-4-6-8-11/h3-10H2,1-2H3. The first kappa shape index (κ1) is 11.5. The Morgan fingerprint density at radius 1 is 1.08 bits per heavy atom. The zero-order chi connectivity index (χ0) is 9.73. The fourth-order valence-corrected chi connectivity index (χ4v) is 3.22. The Morgan fingerprint density at radius 3 is 2.00 bits per heavy atom. The van der Waals surface area contributed by atoms with Gasteiger partial charge < -0.3 is 4.90 Å². The molecule has 1 fully saturated rings. The van der Waals surface area contributed by atoms with Gasteiger partial charge in [-0.3, -0.25) is 0 Å². The SMILES string of the molecule is CN(C)CC1(CBr)CCCCCC1. The van der Waals surface area contributed by atoms with Crippen LogP contribution >= 0.6 is 15.9 Å². The van der Waals surface area contributed by atoms with Gasteiger partial charge >= 0.3 is 0 Å². The van der Waals surface area contributed by atoms with Crippen molar-refractivity contribution in [2.75, 3.05) is 26.0 Å². The Labute approximate surface area is 91.0 Å². The van der Waals surface area contributed by atoms with Gasteiger partial charge in [0.15, 0.2) is 0 Å². The number of hydrogen-bond donors (Lipinski definition) is 0. The van der Waals surface area contributed by atoms with Crippen molar-refractivity contribution < 1.29 is 0 Å². The fraction of sp³-hybridized carbons (Fsp3) is 1.00. The van der Waals surface area contributed by atoms with Crippen molar-refractivity contribution in [3.63, 3.8) is 0 Å². The lowest BCUT2D eigenvalue weighted by molar-refractivity contribution is 0.199. The third-order valence-corrected chi connectivity index (χ3v) is 4.29. The Morgan fingerprint density at radius 2 is 1.62 bits per heavy atom. The van der Waals surface area contributed by atoms with Gasteiger partial charge in [0.2, 0.25) is 0 Å². The zero-order valence-corrected chi connectivity index (χ0v) is 10.6. The van der Waals surface area contributed by atoms with Crippen molar-refractivity contribution in [3.8, 4) is 0 Å². The number of hydrogen-bond acceptors (Lipinski definition) is 1. The van der Waals surface area contributed by atoms with Crippen LogP contribution in [0.15, 0.2) is 0 Å². The van der Waals surface area contributed by atoms with Crippen molar-refractivity contribution in [1.29, 1.82) is 0 Å². The van der Waals surface area contributed by atoms with Gasteiger partial charge in [-0.1, -0.05) is 41.6 Å². The van der Waals surface area contributed by atoms with E-state index in [-0.39, 0.29) is 0 Å². The second-order valence-corrected chi connectivity index (χ2v) is 5.35. The highest BCUT2D eigenvalue weighted by Gasteiger charge is 2.30. The lowest BCUT2D eigenvalue weighted by Gasteiger charge is -2.33. The average Bonchev–Trinajstić information content (AvgIpc) is 2.30. The van der Waals surface area contributed by atoms with E-state index in [1.807, 2.05) is 0 Å². The summed E-state index contributed by atoms with van der Waals surface area (Å²) in [6.07, 6.45) is 8.58. The van der Waals surface area contributed by atoms with Gasteiger partial charge in [-0.2, -0.15) is 0 Å². The molecule has 1 aliphatic carbocycles. The molecule has 0 aliphatic heterocycles. The lowest BCUT2D eigenvalue weighted by atomic mass is 9.82. The van der Waals surface area contributed by atoms with Crippen LogP contribution in [0.4, 0.5) is 0 Å². The molecule has 0 saturated heterocycles. The number of nitrogens with zero attached hydrogens (tertiary/aromatic N) is 1. The van der Waals surface area contributed by atoms with Crippen LogP contribution in [-0.4, -0.2) is 30.9 Å². The topological polar surface area (TPSA) is 3.24 Å². The molecule has 13 heavy (non-hydrogen) atoms. The molecule has 0 atom stereocenters. The first-order chi connectivity index (χ1) is 6.18. The van der Waals surface area contributed by atoms with Gasteiger partial charge in [-0.05, 0) is 32.4 Å². The largest absolute Gasteiger partial charge is 0.309 e. The molecule has 0 aromatic heterocycles. The van der Waals surface area contributed by atoms with E-state index in [0.717, 1.165) is 0 Å². The van der Waals surface area contributed by atoms with Crippen LogP contribution in [0.25, 0.3) is 0 Å². The Bertz CT molecular complexity index is 137. The highest BCUT2D eigenvalue weighted by molar-refractivity contribution is 9.09. The highest BCUT2D eigenvalue weighted by atomic mass is 79.9. The van der Waals surface area contributed by atoms with Crippen molar-refractivity contribution in [3.05, 3.63) is 0 Å². The van der Waals surface area contributed by atoms with E-state index in [1.54, 1.807) is 0 Å². The molecular formula is C11H22BrN. The van der Waals surface area contributed by atoms with Crippen LogP contribution in [0.3, 0.4) is 0 Å². The molecule has 0 spiro atoms. The zero-order valence-electron chi connectivity index (χ0n) is 8.98. The van der Waals surface area contributed by atoms with Crippen LogP contribution in [0.5, 0.6) is 0 Å². The second kappa shape index (κ2) is 5.35. The van der Waals surface area contributed by atoms with Crippen molar-refractivity contribution in [2.45, 2.75) is 38.5 Å². The number of halogens is 1. The molecular weight excluding hydrogens is 226 g/mol. The van der Waals surface area contributed by atoms with E-state index in [2.05, 4.69) is 34.9 Å². The lowest BCUT2D eigenvalue weighted by Crippen LogP contribution is -2.34. The minimum Gasteiger partial charge on any atom is -0.309 e. The van der Waals surface area contributed by atoms with Crippen LogP contribution in [0.2, 0.25) is 0 Å². The van der Waals surface area contributed by atoms with Crippen LogP contribution in [-0.2, 0) is 0 Å². The fourth-order valence-electron chi connectivity index (χ4n) is 2.48. The van der Waals surface area contributed by atoms with Crippen LogP contribution in [0.1, 0.15) is 38.5 Å². The van der Waals surface area contributed by atoms with E-state index in [0.29, 0.717) is 5.41 Å². The molecule has 0 radical (unpaired) electrons. The van der Waals surface area contributed by atoms with E-state index >= 15 is 0 Å². The molecule has 0 aromatic rings. The monoisotopic (exact) mass is 247 g/mol. The van der Waals surface area contributed by atoms with E-state index in [9.17, 15) is 0 Å². The maximum Gasteiger partial charge on any atom is 0.0100 e. The Kier molecular flexibility index (Phi) is 4.74. The van der Waals surface area contributed by atoms with Crippen LogP contribution in [0, 0.1) is 5.41 Å². The number of alkyl halides is 1. The summed E-state index contributed by atoms with van der Waals surface area (Å²) in [5.74, 6) is 0. The summed E-state index contributed by atoms with van der Waals surface area (Å²) in [5.41, 5.74) is 0.569. The summed E-state index contributed by atoms with van der Waals surface area (Å²) in [6.45, 7) is 1.25. The summed E-state index contributed by atoms with van der Waals surface area (Å²) < 4.78 is 0. The van der Waals surface area contributed by atoms with Gasteiger partial charge in [0.05, 0.1) is 0 Å². The molecule has 0 N–H and O–H groups in total. The predicted octanol–water partition coefficient (Wildman–Crippen LogP) is 3.28. The van der Waals surface area contributed by atoms with Gasteiger partial charge in [0, 0.05) is 11.9 Å². The van der Waals surface area contributed by atoms with E-state index < -0.39 is 0 Å². The second-order valence-electron chi connectivity index (χ2n) is 4.79. The summed E-state index contributed by atoms with van der Waals surface area (Å²) in [7, 11) is 4.38. The van der Waals surface area contributed by atoms with Crippen molar-refractivity contribution in [2.24, 2.45) is 5.41 Å². The molecule has 1 saturated carbocycles. The average molecular weight is 248 g/mol. The summed E-state index contributed by atoms with van der Waals surface area (Å²) in [5, 5.41) is 1.18. The maximum absolute atomic E-state index is 3.70. The van der Waals surface area contributed by atoms with Gasteiger partial charge in [-0.25, -0.2) is 0 Å². The number of rotatable bonds is 3. The Hall–Kier alpha value is 0.440. The smallest absolute Gasteiger partial charge is 0.0100 e. The molecule has 78 valence electrons. The summed E-state index contributed by atoms with van der Waals surface area (Å²) in [4.78, 5) is 2.34. The molecule has 0 aromatic carbocycles. The Balaban J connectivity index is 2.53. The van der Waals surface area contributed by atoms with Gasteiger partial charge in [0.1, 0.15) is 0 Å². The van der Waals surface area contributed by atoms with Gasteiger partial charge in [-0.15, -0.1) is 0 Å². The molecule has 1 nitrogen and oxygen atoms in total. The quantitative estimate of drug-likeness (QED) is 0.547. The molecule has 0 unspecified atom stereocenters. The molecule has 0 amide bonds. The van der Waals surface area contributed by atoms with Crippen molar-refractivity contribution >= 4 is 15.9 Å². The molecule has 1 rings (SSSR count). The van der Waals surface area contributed by atoms with E-state index in [4.69, 9.17) is 0 Å². The van der Waals surface area contributed by atoms with Gasteiger partial charge in [0.25, 0.3) is 0 Å². The highest BCUT2D eigenvalue weighted by Crippen LogP contribution is 2.36. The molecule has 2 heteroatoms. The minimum absolute atomic E-state index is 0.569. The first-order valence-electron chi connectivity index (χ1n) is 5.39. The third kappa shape index (κ3) is 3.59. The van der Waals surface area contributed by atoms with Crippen molar-refractivity contribution in [1.82, 2.24) is 4.90 Å². The summed E-state index contributed by atoms with van der Waals surface area (Å²) >= 11 is 3.70. The maximum atomic E-state index is 3.70. The molecule has 0 heterocycles. The van der Waals surface area contributed by atoms with Crippen LogP contribution < -0.4 is 0 Å².